The molecule has 0 bridgehead atoms. The van der Waals surface area contributed by atoms with Crippen molar-refractivity contribution in [2.75, 3.05) is 62.1 Å². The lowest BCUT2D eigenvalue weighted by atomic mass is 9.98. The van der Waals surface area contributed by atoms with E-state index in [4.69, 9.17) is 9.72 Å². The number of benzene rings is 1. The highest BCUT2D eigenvalue weighted by Gasteiger charge is 2.39. The van der Waals surface area contributed by atoms with Gasteiger partial charge < -0.3 is 24.8 Å². The maximum absolute atomic E-state index is 13.0. The minimum absolute atomic E-state index is 0.0390. The number of likely N-dealkylation sites (N-methyl/N-ethyl adjacent to an activating group) is 1. The van der Waals surface area contributed by atoms with Crippen LogP contribution in [0.5, 0.6) is 0 Å². The van der Waals surface area contributed by atoms with Crippen LogP contribution in [-0.4, -0.2) is 83.2 Å². The molecular weight excluding hydrogens is 504 g/mol. The summed E-state index contributed by atoms with van der Waals surface area (Å²) < 4.78 is 34.4. The van der Waals surface area contributed by atoms with E-state index in [0.717, 1.165) is 50.3 Å². The maximum Gasteiger partial charge on any atom is 0.249 e. The predicted octanol–water partition coefficient (Wildman–Crippen LogP) is 2.80. The van der Waals surface area contributed by atoms with Gasteiger partial charge in [-0.15, -0.1) is 0 Å². The average molecular weight is 543 g/mol. The van der Waals surface area contributed by atoms with Crippen LogP contribution in [0.1, 0.15) is 32.6 Å². The van der Waals surface area contributed by atoms with E-state index in [-0.39, 0.29) is 22.9 Å². The number of pyridine rings is 1. The van der Waals surface area contributed by atoms with Gasteiger partial charge in [0.15, 0.2) is 5.82 Å². The second-order valence-corrected chi connectivity index (χ2v) is 12.4. The van der Waals surface area contributed by atoms with Crippen LogP contribution >= 0.6 is 0 Å². The molecule has 1 amide bonds. The normalized spacial score (nSPS) is 22.0. The van der Waals surface area contributed by atoms with Gasteiger partial charge in [0.1, 0.15) is 11.9 Å². The molecule has 206 valence electrons. The number of anilines is 4. The summed E-state index contributed by atoms with van der Waals surface area (Å²) in [7, 11) is 0.238. The highest BCUT2D eigenvalue weighted by Crippen LogP contribution is 2.38. The molecule has 5 rings (SSSR count). The van der Waals surface area contributed by atoms with E-state index >= 15 is 0 Å². The Kier molecular flexibility index (Phi) is 7.90. The Morgan fingerprint density at radius 3 is 2.53 bits per heavy atom. The minimum atomic E-state index is -3.63. The van der Waals surface area contributed by atoms with Gasteiger partial charge in [0.05, 0.1) is 10.6 Å². The molecule has 3 aliphatic heterocycles. The lowest BCUT2D eigenvalue weighted by Crippen LogP contribution is -2.56. The van der Waals surface area contributed by atoms with Crippen LogP contribution in [-0.2, 0) is 19.6 Å². The van der Waals surface area contributed by atoms with Crippen LogP contribution in [0.15, 0.2) is 41.3 Å². The van der Waals surface area contributed by atoms with E-state index in [1.807, 2.05) is 25.1 Å². The molecule has 2 saturated heterocycles. The van der Waals surface area contributed by atoms with Crippen LogP contribution in [0.3, 0.4) is 0 Å². The number of aromatic nitrogens is 1. The molecule has 3 aliphatic rings. The standard InChI is InChI=1S/C27H38N6O4S/c1-19-27(34)32(3)24-7-8-25(30-26(24)33(19)22-11-15-37-16-12-22)29-21-5-4-6-23(17-21)38(35,36)28-18-20-9-13-31(2)14-10-20/h4-8,17,19-20,22,28H,9-16,18H2,1-3H3,(H,29,30)/t19-/m1/s1. The molecule has 1 aromatic carbocycles. The number of amides is 1. The molecule has 2 fully saturated rings. The molecular formula is C27H38N6O4S. The monoisotopic (exact) mass is 542 g/mol. The van der Waals surface area contributed by atoms with E-state index in [1.54, 1.807) is 30.1 Å². The summed E-state index contributed by atoms with van der Waals surface area (Å²) in [6.45, 7) is 5.69. The molecule has 11 heteroatoms. The molecule has 1 aromatic heterocycles. The number of likely N-dealkylation sites (tertiary alicyclic amines) is 1. The van der Waals surface area contributed by atoms with E-state index in [2.05, 4.69) is 26.9 Å². The number of nitrogens with one attached hydrogen (secondary N) is 2. The van der Waals surface area contributed by atoms with Crippen molar-refractivity contribution in [2.45, 2.75) is 49.6 Å². The molecule has 0 aliphatic carbocycles. The maximum atomic E-state index is 13.0. The van der Waals surface area contributed by atoms with Crippen molar-refractivity contribution >= 4 is 38.9 Å². The van der Waals surface area contributed by atoms with E-state index in [1.165, 1.54) is 0 Å². The number of carbonyl (C=O) groups is 1. The first-order chi connectivity index (χ1) is 18.2. The van der Waals surface area contributed by atoms with Crippen molar-refractivity contribution < 1.29 is 17.9 Å². The van der Waals surface area contributed by atoms with Crippen LogP contribution in [0, 0.1) is 5.92 Å². The van der Waals surface area contributed by atoms with Gasteiger partial charge >= 0.3 is 0 Å². The molecule has 0 unspecified atom stereocenters. The zero-order valence-electron chi connectivity index (χ0n) is 22.4. The summed E-state index contributed by atoms with van der Waals surface area (Å²) in [4.78, 5) is 24.1. The Hall–Kier alpha value is -2.73. The number of piperidine rings is 1. The number of hydrogen-bond donors (Lipinski definition) is 2. The van der Waals surface area contributed by atoms with Crippen molar-refractivity contribution in [3.05, 3.63) is 36.4 Å². The SMILES string of the molecule is C[C@@H]1C(=O)N(C)c2ccc(Nc3cccc(S(=O)(=O)NCC4CCN(C)CC4)c3)nc2N1C1CCOCC1. The van der Waals surface area contributed by atoms with Gasteiger partial charge in [-0.2, -0.15) is 0 Å². The molecule has 1 atom stereocenters. The number of fused-ring (bicyclic) bond motifs is 1. The van der Waals surface area contributed by atoms with Gasteiger partial charge in [0, 0.05) is 38.5 Å². The van der Waals surface area contributed by atoms with Gasteiger partial charge in [-0.05, 0) is 89.0 Å². The van der Waals surface area contributed by atoms with Crippen LogP contribution in [0.4, 0.5) is 23.0 Å². The fourth-order valence-corrected chi connectivity index (χ4v) is 6.74. The summed E-state index contributed by atoms with van der Waals surface area (Å²) in [6, 6.07) is 10.3. The number of carbonyl (C=O) groups excluding carboxylic acids is 1. The first-order valence-electron chi connectivity index (χ1n) is 13.4. The van der Waals surface area contributed by atoms with Gasteiger partial charge in [-0.1, -0.05) is 6.07 Å². The number of nitrogens with zero attached hydrogens (tertiary/aromatic N) is 4. The quantitative estimate of drug-likeness (QED) is 0.550. The third-order valence-electron chi connectivity index (χ3n) is 7.97. The van der Waals surface area contributed by atoms with Crippen molar-refractivity contribution in [1.82, 2.24) is 14.6 Å². The zero-order valence-corrected chi connectivity index (χ0v) is 23.2. The Labute approximate surface area is 225 Å². The lowest BCUT2D eigenvalue weighted by molar-refractivity contribution is -0.119. The summed E-state index contributed by atoms with van der Waals surface area (Å²) in [5, 5.41) is 3.28. The molecule has 10 nitrogen and oxygen atoms in total. The smallest absolute Gasteiger partial charge is 0.249 e. The first kappa shape index (κ1) is 26.9. The summed E-state index contributed by atoms with van der Waals surface area (Å²) in [6.07, 6.45) is 3.67. The Morgan fingerprint density at radius 1 is 1.05 bits per heavy atom. The minimum Gasteiger partial charge on any atom is -0.381 e. The first-order valence-corrected chi connectivity index (χ1v) is 14.9. The van der Waals surface area contributed by atoms with Crippen molar-refractivity contribution in [1.29, 1.82) is 0 Å². The highest BCUT2D eigenvalue weighted by molar-refractivity contribution is 7.89. The predicted molar refractivity (Wildman–Crippen MR) is 149 cm³/mol. The number of sulfonamides is 1. The molecule has 38 heavy (non-hydrogen) atoms. The van der Waals surface area contributed by atoms with Crippen LogP contribution < -0.4 is 19.8 Å². The lowest BCUT2D eigenvalue weighted by Gasteiger charge is -2.44. The number of ether oxygens (including phenoxy) is 1. The van der Waals surface area contributed by atoms with Gasteiger partial charge in [0.25, 0.3) is 0 Å². The molecule has 2 aromatic rings. The van der Waals surface area contributed by atoms with Crippen molar-refractivity contribution in [3.63, 3.8) is 0 Å². The Balaban J connectivity index is 1.34. The van der Waals surface area contributed by atoms with Gasteiger partial charge in [-0.3, -0.25) is 4.79 Å². The van der Waals surface area contributed by atoms with Crippen molar-refractivity contribution in [2.24, 2.45) is 5.92 Å². The fourth-order valence-electron chi connectivity index (χ4n) is 5.58. The molecule has 0 spiro atoms. The highest BCUT2D eigenvalue weighted by atomic mass is 32.2. The van der Waals surface area contributed by atoms with E-state index < -0.39 is 10.0 Å². The molecule has 0 saturated carbocycles. The largest absolute Gasteiger partial charge is 0.381 e. The fraction of sp³-hybridized carbons (Fsp3) is 0.556. The summed E-state index contributed by atoms with van der Waals surface area (Å²) in [5.74, 6) is 1.73. The average Bonchev–Trinajstić information content (AvgIpc) is 2.92. The summed E-state index contributed by atoms with van der Waals surface area (Å²) in [5.41, 5.74) is 1.39. The topological polar surface area (TPSA) is 107 Å². The Bertz CT molecular complexity index is 1260. The molecule has 0 radical (unpaired) electrons. The Morgan fingerprint density at radius 2 is 1.79 bits per heavy atom. The number of hydrogen-bond acceptors (Lipinski definition) is 8. The third-order valence-corrected chi connectivity index (χ3v) is 9.39. The second kappa shape index (κ2) is 11.2. The van der Waals surface area contributed by atoms with Gasteiger partial charge in [0.2, 0.25) is 15.9 Å². The van der Waals surface area contributed by atoms with Gasteiger partial charge in [-0.25, -0.2) is 18.1 Å². The van der Waals surface area contributed by atoms with E-state index in [9.17, 15) is 13.2 Å². The van der Waals surface area contributed by atoms with E-state index in [0.29, 0.717) is 37.2 Å². The zero-order chi connectivity index (χ0) is 26.9. The second-order valence-electron chi connectivity index (χ2n) is 10.6. The third kappa shape index (κ3) is 5.66. The van der Waals surface area contributed by atoms with Crippen LogP contribution in [0.25, 0.3) is 0 Å². The molecule has 2 N–H and O–H groups in total. The van der Waals surface area contributed by atoms with Crippen LogP contribution in [0.2, 0.25) is 0 Å². The summed E-state index contributed by atoms with van der Waals surface area (Å²) >= 11 is 0. The molecule has 4 heterocycles. The number of rotatable bonds is 7. The van der Waals surface area contributed by atoms with Crippen molar-refractivity contribution in [3.8, 4) is 0 Å².